The molecular weight excluding hydrogens is 358 g/mol. The molecule has 2 rings (SSSR count). The van der Waals surface area contributed by atoms with Crippen LogP contribution in [0.1, 0.15) is 22.8 Å². The number of hydrogen-bond donors (Lipinski definition) is 0. The van der Waals surface area contributed by atoms with E-state index in [1.165, 1.54) is 37.9 Å². The Morgan fingerprint density at radius 2 is 1.85 bits per heavy atom. The second kappa shape index (κ2) is 9.00. The average molecular weight is 375 g/mol. The van der Waals surface area contributed by atoms with Crippen molar-refractivity contribution in [1.82, 2.24) is 0 Å². The van der Waals surface area contributed by atoms with Crippen LogP contribution >= 0.6 is 11.8 Å². The lowest BCUT2D eigenvalue weighted by molar-refractivity contribution is -0.384. The first kappa shape index (κ1) is 19.5. The Balaban J connectivity index is 1.91. The number of carbonyl (C=O) groups is 2. The highest BCUT2D eigenvalue weighted by Gasteiger charge is 2.11. The van der Waals surface area contributed by atoms with E-state index in [4.69, 9.17) is 9.47 Å². The molecule has 0 N–H and O–H groups in total. The molecule has 0 amide bonds. The van der Waals surface area contributed by atoms with Gasteiger partial charge in [0.1, 0.15) is 12.4 Å². The molecule has 0 aliphatic carbocycles. The van der Waals surface area contributed by atoms with Crippen molar-refractivity contribution < 1.29 is 24.0 Å². The minimum Gasteiger partial charge on any atom is -0.496 e. The van der Waals surface area contributed by atoms with Gasteiger partial charge in [0.25, 0.3) is 5.69 Å². The van der Waals surface area contributed by atoms with Gasteiger partial charge in [-0.15, -0.1) is 11.8 Å². The maximum atomic E-state index is 11.9. The van der Waals surface area contributed by atoms with Crippen LogP contribution in [0.4, 0.5) is 5.69 Å². The lowest BCUT2D eigenvalue weighted by atomic mass is 10.1. The Kier molecular flexibility index (Phi) is 6.74. The lowest BCUT2D eigenvalue weighted by Gasteiger charge is -2.10. The Morgan fingerprint density at radius 3 is 2.42 bits per heavy atom. The van der Waals surface area contributed by atoms with Gasteiger partial charge in [0.15, 0.2) is 5.78 Å². The van der Waals surface area contributed by atoms with Crippen molar-refractivity contribution in [2.75, 3.05) is 12.9 Å². The van der Waals surface area contributed by atoms with E-state index in [-0.39, 0.29) is 23.8 Å². The molecular formula is C18H17NO6S. The molecule has 0 atom stereocenters. The summed E-state index contributed by atoms with van der Waals surface area (Å²) in [4.78, 5) is 34.2. The third-order valence-corrected chi connectivity index (χ3v) is 4.47. The summed E-state index contributed by atoms with van der Waals surface area (Å²) in [7, 11) is 1.50. The molecule has 0 fully saturated rings. The van der Waals surface area contributed by atoms with Crippen molar-refractivity contribution in [3.63, 3.8) is 0 Å². The fraction of sp³-hybridized carbons (Fsp3) is 0.222. The minimum absolute atomic E-state index is 0.00521. The standard InChI is InChI=1S/C18H17NO6S/c1-12(20)13-3-8-17(24-2)14(9-13)10-25-18(21)11-26-16-6-4-15(5-7-16)19(22)23/h3-9H,10-11H2,1-2H3. The van der Waals surface area contributed by atoms with Gasteiger partial charge in [-0.25, -0.2) is 0 Å². The first-order chi connectivity index (χ1) is 12.4. The highest BCUT2D eigenvalue weighted by molar-refractivity contribution is 8.00. The minimum atomic E-state index is -0.481. The number of nitrogens with zero attached hydrogens (tertiary/aromatic N) is 1. The van der Waals surface area contributed by atoms with Gasteiger partial charge in [-0.2, -0.15) is 0 Å². The van der Waals surface area contributed by atoms with Crippen LogP contribution in [-0.4, -0.2) is 29.5 Å². The van der Waals surface area contributed by atoms with Crippen LogP contribution < -0.4 is 4.74 Å². The zero-order valence-electron chi connectivity index (χ0n) is 14.3. The van der Waals surface area contributed by atoms with E-state index in [1.807, 2.05) is 0 Å². The summed E-state index contributed by atoms with van der Waals surface area (Å²) in [5, 5.41) is 10.6. The Labute approximate surface area is 154 Å². The molecule has 2 aromatic carbocycles. The van der Waals surface area contributed by atoms with Crippen molar-refractivity contribution in [1.29, 1.82) is 0 Å². The number of ether oxygens (including phenoxy) is 2. The van der Waals surface area contributed by atoms with Crippen LogP contribution in [0.15, 0.2) is 47.4 Å². The molecule has 0 aliphatic heterocycles. The lowest BCUT2D eigenvalue weighted by Crippen LogP contribution is -2.08. The van der Waals surface area contributed by atoms with E-state index >= 15 is 0 Å². The number of methoxy groups -OCH3 is 1. The predicted molar refractivity (Wildman–Crippen MR) is 96.6 cm³/mol. The molecule has 26 heavy (non-hydrogen) atoms. The molecule has 0 bridgehead atoms. The summed E-state index contributed by atoms with van der Waals surface area (Å²) in [6, 6.07) is 10.9. The van der Waals surface area contributed by atoms with Gasteiger partial charge >= 0.3 is 5.97 Å². The van der Waals surface area contributed by atoms with Gasteiger partial charge in [0.05, 0.1) is 17.8 Å². The van der Waals surface area contributed by atoms with Gasteiger partial charge in [-0.1, -0.05) is 0 Å². The summed E-state index contributed by atoms with van der Waals surface area (Å²) in [6.07, 6.45) is 0. The van der Waals surface area contributed by atoms with Crippen LogP contribution in [0.2, 0.25) is 0 Å². The van der Waals surface area contributed by atoms with E-state index in [0.717, 1.165) is 4.90 Å². The van der Waals surface area contributed by atoms with Crippen molar-refractivity contribution in [3.05, 3.63) is 63.7 Å². The smallest absolute Gasteiger partial charge is 0.316 e. The van der Waals surface area contributed by atoms with Crippen LogP contribution in [0, 0.1) is 10.1 Å². The molecule has 8 heteroatoms. The van der Waals surface area contributed by atoms with Gasteiger partial charge in [0.2, 0.25) is 0 Å². The third-order valence-electron chi connectivity index (χ3n) is 3.48. The summed E-state index contributed by atoms with van der Waals surface area (Å²) in [6.45, 7) is 1.45. The van der Waals surface area contributed by atoms with Gasteiger partial charge < -0.3 is 9.47 Å². The predicted octanol–water partition coefficient (Wildman–Crippen LogP) is 3.64. The van der Waals surface area contributed by atoms with Crippen molar-refractivity contribution in [3.8, 4) is 5.75 Å². The van der Waals surface area contributed by atoms with E-state index in [0.29, 0.717) is 16.9 Å². The maximum Gasteiger partial charge on any atom is 0.316 e. The fourth-order valence-corrected chi connectivity index (χ4v) is 2.81. The van der Waals surface area contributed by atoms with E-state index in [1.54, 1.807) is 30.3 Å². The average Bonchev–Trinajstić information content (AvgIpc) is 2.64. The largest absolute Gasteiger partial charge is 0.496 e. The van der Waals surface area contributed by atoms with Crippen LogP contribution in [-0.2, 0) is 16.1 Å². The molecule has 0 unspecified atom stereocenters. The number of hydrogen-bond acceptors (Lipinski definition) is 7. The number of nitro benzene ring substituents is 1. The van der Waals surface area contributed by atoms with E-state index in [2.05, 4.69) is 0 Å². The Hall–Kier alpha value is -2.87. The topological polar surface area (TPSA) is 95.7 Å². The monoisotopic (exact) mass is 375 g/mol. The molecule has 0 heterocycles. The summed E-state index contributed by atoms with van der Waals surface area (Å²) in [5.41, 5.74) is 1.11. The number of Topliss-reactive ketones (excluding diaryl/α,β-unsaturated/α-hetero) is 1. The van der Waals surface area contributed by atoms with Crippen molar-refractivity contribution >= 4 is 29.2 Å². The molecule has 2 aromatic rings. The number of rotatable bonds is 8. The fourth-order valence-electron chi connectivity index (χ4n) is 2.12. The molecule has 7 nitrogen and oxygen atoms in total. The number of non-ortho nitro benzene ring substituents is 1. The zero-order valence-corrected chi connectivity index (χ0v) is 15.1. The third kappa shape index (κ3) is 5.32. The number of esters is 1. The number of ketones is 1. The van der Waals surface area contributed by atoms with Gasteiger partial charge in [0, 0.05) is 28.2 Å². The Bertz CT molecular complexity index is 819. The molecule has 0 saturated heterocycles. The molecule has 136 valence electrons. The summed E-state index contributed by atoms with van der Waals surface area (Å²) in [5.74, 6) is 0.0652. The van der Waals surface area contributed by atoms with Crippen LogP contribution in [0.5, 0.6) is 5.75 Å². The summed E-state index contributed by atoms with van der Waals surface area (Å²) >= 11 is 1.22. The summed E-state index contributed by atoms with van der Waals surface area (Å²) < 4.78 is 10.4. The quantitative estimate of drug-likeness (QED) is 0.228. The van der Waals surface area contributed by atoms with E-state index in [9.17, 15) is 19.7 Å². The number of nitro groups is 1. The highest BCUT2D eigenvalue weighted by Crippen LogP contribution is 2.23. The van der Waals surface area contributed by atoms with Crippen molar-refractivity contribution in [2.45, 2.75) is 18.4 Å². The SMILES string of the molecule is COc1ccc(C(C)=O)cc1COC(=O)CSc1ccc([N+](=O)[O-])cc1. The number of carbonyl (C=O) groups excluding carboxylic acids is 2. The second-order valence-electron chi connectivity index (χ2n) is 5.28. The van der Waals surface area contributed by atoms with Crippen LogP contribution in [0.3, 0.4) is 0 Å². The molecule has 0 radical (unpaired) electrons. The molecule has 0 saturated carbocycles. The second-order valence-corrected chi connectivity index (χ2v) is 6.33. The first-order valence-electron chi connectivity index (χ1n) is 7.61. The maximum absolute atomic E-state index is 11.9. The van der Waals surface area contributed by atoms with Gasteiger partial charge in [-0.3, -0.25) is 19.7 Å². The van der Waals surface area contributed by atoms with Crippen molar-refractivity contribution in [2.24, 2.45) is 0 Å². The van der Waals surface area contributed by atoms with Gasteiger partial charge in [-0.05, 0) is 37.3 Å². The zero-order chi connectivity index (χ0) is 19.1. The molecule has 0 spiro atoms. The number of benzene rings is 2. The number of thioether (sulfide) groups is 1. The normalized spacial score (nSPS) is 10.2. The van der Waals surface area contributed by atoms with E-state index < -0.39 is 10.9 Å². The molecule has 0 aromatic heterocycles. The van der Waals surface area contributed by atoms with Crippen LogP contribution in [0.25, 0.3) is 0 Å². The first-order valence-corrected chi connectivity index (χ1v) is 8.60. The molecule has 0 aliphatic rings. The highest BCUT2D eigenvalue weighted by atomic mass is 32.2. The Morgan fingerprint density at radius 1 is 1.15 bits per heavy atom.